The molecule has 2 aromatic rings. The van der Waals surface area contributed by atoms with Crippen LogP contribution in [-0.4, -0.2) is 16.6 Å². The number of hydrogen-bond acceptors (Lipinski definition) is 4. The lowest BCUT2D eigenvalue weighted by molar-refractivity contribution is -0.113. The number of carbonyl (C=O) groups is 1. The van der Waals surface area contributed by atoms with E-state index in [9.17, 15) is 14.4 Å². The number of aromatic nitrogens is 1. The van der Waals surface area contributed by atoms with Gasteiger partial charge in [-0.1, -0.05) is 17.8 Å². The smallest absolute Gasteiger partial charge is 0.234 e. The first kappa shape index (κ1) is 19.6. The largest absolute Gasteiger partial charge is 0.325 e. The van der Waals surface area contributed by atoms with Gasteiger partial charge in [-0.25, -0.2) is 9.37 Å². The zero-order chi connectivity index (χ0) is 20.7. The van der Waals surface area contributed by atoms with Gasteiger partial charge in [0.05, 0.1) is 11.3 Å². The summed E-state index contributed by atoms with van der Waals surface area (Å²) in [5.74, 6) is 1.96. The van der Waals surface area contributed by atoms with E-state index >= 15 is 0 Å². The lowest BCUT2D eigenvalue weighted by Crippen LogP contribution is -2.49. The summed E-state index contributed by atoms with van der Waals surface area (Å²) >= 11 is 1.28. The summed E-state index contributed by atoms with van der Waals surface area (Å²) in [6, 6.07) is 12.0. The number of nitriles is 1. The number of carbonyl (C=O) groups excluding carboxylic acids is 1. The number of hydrogen-bond donors (Lipinski definition) is 1. The number of benzene rings is 1. The Kier molecular flexibility index (Phi) is 5.02. The Bertz CT molecular complexity index is 996. The molecule has 6 rings (SSSR count). The number of nitrogens with one attached hydrogen (secondary N) is 1. The first-order valence-corrected chi connectivity index (χ1v) is 11.6. The van der Waals surface area contributed by atoms with E-state index in [1.165, 1.54) is 62.4 Å². The predicted octanol–water partition coefficient (Wildman–Crippen LogP) is 5.29. The van der Waals surface area contributed by atoms with E-state index in [1.54, 1.807) is 12.1 Å². The summed E-state index contributed by atoms with van der Waals surface area (Å²) in [5.41, 5.74) is 2.19. The Morgan fingerprint density at radius 3 is 2.50 bits per heavy atom. The van der Waals surface area contributed by atoms with E-state index in [2.05, 4.69) is 11.4 Å². The molecule has 1 aromatic carbocycles. The van der Waals surface area contributed by atoms with Gasteiger partial charge < -0.3 is 5.32 Å². The lowest BCUT2D eigenvalue weighted by atomic mass is 9.49. The molecule has 154 valence electrons. The molecule has 30 heavy (non-hydrogen) atoms. The van der Waals surface area contributed by atoms with Crippen LogP contribution in [0.4, 0.5) is 10.1 Å². The van der Waals surface area contributed by atoms with Gasteiger partial charge in [0.2, 0.25) is 5.91 Å². The number of nitrogens with zero attached hydrogens (tertiary/aromatic N) is 2. The van der Waals surface area contributed by atoms with Crippen LogP contribution in [0.2, 0.25) is 0 Å². The second kappa shape index (κ2) is 7.70. The van der Waals surface area contributed by atoms with E-state index in [0.29, 0.717) is 16.3 Å². The highest BCUT2D eigenvalue weighted by Gasteiger charge is 2.52. The molecule has 4 aliphatic carbocycles. The van der Waals surface area contributed by atoms with Gasteiger partial charge in [-0.05, 0) is 86.6 Å². The quantitative estimate of drug-likeness (QED) is 0.666. The molecule has 4 aliphatic rings. The van der Waals surface area contributed by atoms with Gasteiger partial charge in [-0.15, -0.1) is 0 Å². The van der Waals surface area contributed by atoms with Crippen LogP contribution in [0.5, 0.6) is 0 Å². The number of thioether (sulfide) groups is 1. The topological polar surface area (TPSA) is 65.8 Å². The van der Waals surface area contributed by atoms with Crippen LogP contribution in [0, 0.1) is 34.9 Å². The molecule has 1 amide bonds. The molecule has 1 N–H and O–H groups in total. The van der Waals surface area contributed by atoms with Crippen LogP contribution in [0.15, 0.2) is 41.4 Å². The highest BCUT2D eigenvalue weighted by Crippen LogP contribution is 2.60. The van der Waals surface area contributed by atoms with Crippen molar-refractivity contribution in [2.24, 2.45) is 17.8 Å². The van der Waals surface area contributed by atoms with Crippen LogP contribution in [0.3, 0.4) is 0 Å². The molecule has 0 spiro atoms. The standard InChI is InChI=1S/C24H24FN3OS/c25-19-2-1-3-20(9-19)27-22(29)14-30-23-18(13-26)4-5-21(28-23)24-10-15-6-16(11-24)8-17(7-15)12-24/h1-5,9,15-17H,6-8,10-12,14H2,(H,27,29). The summed E-state index contributed by atoms with van der Waals surface area (Å²) in [5, 5.41) is 12.9. The molecule has 0 aliphatic heterocycles. The molecule has 0 atom stereocenters. The Balaban J connectivity index is 1.33. The minimum absolute atomic E-state index is 0.128. The van der Waals surface area contributed by atoms with Gasteiger partial charge in [0.25, 0.3) is 0 Å². The summed E-state index contributed by atoms with van der Waals surface area (Å²) in [4.78, 5) is 17.3. The SMILES string of the molecule is N#Cc1ccc(C23CC4CC(CC(C4)C2)C3)nc1SCC(=O)Nc1cccc(F)c1. The van der Waals surface area contributed by atoms with Crippen LogP contribution in [0.1, 0.15) is 49.8 Å². The van der Waals surface area contributed by atoms with E-state index in [0.717, 1.165) is 23.4 Å². The Morgan fingerprint density at radius 1 is 1.17 bits per heavy atom. The number of pyridine rings is 1. The third kappa shape index (κ3) is 3.72. The second-order valence-electron chi connectivity index (χ2n) is 9.21. The van der Waals surface area contributed by atoms with E-state index in [4.69, 9.17) is 4.98 Å². The highest BCUT2D eigenvalue weighted by molar-refractivity contribution is 8.00. The summed E-state index contributed by atoms with van der Waals surface area (Å²) < 4.78 is 13.3. The summed E-state index contributed by atoms with van der Waals surface area (Å²) in [7, 11) is 0. The fourth-order valence-electron chi connectivity index (χ4n) is 6.25. The van der Waals surface area contributed by atoms with Crippen molar-refractivity contribution < 1.29 is 9.18 Å². The molecule has 4 fully saturated rings. The molecule has 0 unspecified atom stereocenters. The van der Waals surface area contributed by atoms with Crippen molar-refractivity contribution in [2.45, 2.75) is 49.0 Å². The van der Waals surface area contributed by atoms with Gasteiger partial charge in [0.1, 0.15) is 16.9 Å². The Morgan fingerprint density at radius 2 is 1.87 bits per heavy atom. The van der Waals surface area contributed by atoms with Crippen LogP contribution >= 0.6 is 11.8 Å². The first-order chi connectivity index (χ1) is 14.5. The lowest BCUT2D eigenvalue weighted by Gasteiger charge is -2.56. The normalized spacial score (nSPS) is 28.9. The number of rotatable bonds is 5. The second-order valence-corrected chi connectivity index (χ2v) is 10.2. The number of halogens is 1. The molecule has 4 bridgehead atoms. The van der Waals surface area contributed by atoms with E-state index < -0.39 is 5.82 Å². The third-order valence-electron chi connectivity index (χ3n) is 7.01. The molecular weight excluding hydrogens is 397 g/mol. The van der Waals surface area contributed by atoms with Crippen LogP contribution < -0.4 is 5.32 Å². The van der Waals surface area contributed by atoms with Crippen molar-refractivity contribution in [1.82, 2.24) is 4.98 Å². The zero-order valence-electron chi connectivity index (χ0n) is 16.7. The van der Waals surface area contributed by atoms with Gasteiger partial charge in [0.15, 0.2) is 0 Å². The fourth-order valence-corrected chi connectivity index (χ4v) is 7.02. The zero-order valence-corrected chi connectivity index (χ0v) is 17.6. The van der Waals surface area contributed by atoms with Gasteiger partial charge in [-0.2, -0.15) is 5.26 Å². The monoisotopic (exact) mass is 421 g/mol. The summed E-state index contributed by atoms with van der Waals surface area (Å²) in [6.07, 6.45) is 7.75. The average Bonchev–Trinajstić information content (AvgIpc) is 2.71. The van der Waals surface area contributed by atoms with Crippen molar-refractivity contribution in [2.75, 3.05) is 11.1 Å². The minimum atomic E-state index is -0.392. The maximum Gasteiger partial charge on any atom is 0.234 e. The molecule has 4 nitrogen and oxygen atoms in total. The van der Waals surface area contributed by atoms with Gasteiger partial charge >= 0.3 is 0 Å². The predicted molar refractivity (Wildman–Crippen MR) is 115 cm³/mol. The van der Waals surface area contributed by atoms with Crippen LogP contribution in [0.25, 0.3) is 0 Å². The molecule has 6 heteroatoms. The average molecular weight is 422 g/mol. The Hall–Kier alpha value is -2.39. The molecule has 0 radical (unpaired) electrons. The molecule has 4 saturated carbocycles. The molecule has 1 heterocycles. The molecule has 0 saturated heterocycles. The summed E-state index contributed by atoms with van der Waals surface area (Å²) in [6.45, 7) is 0. The van der Waals surface area contributed by atoms with Crippen molar-refractivity contribution in [3.8, 4) is 6.07 Å². The Labute approximate surface area is 180 Å². The van der Waals surface area contributed by atoms with Crippen LogP contribution in [-0.2, 0) is 10.2 Å². The van der Waals surface area contributed by atoms with Crippen molar-refractivity contribution in [3.05, 3.63) is 53.5 Å². The van der Waals surface area contributed by atoms with E-state index in [-0.39, 0.29) is 17.1 Å². The van der Waals surface area contributed by atoms with Crippen molar-refractivity contribution in [3.63, 3.8) is 0 Å². The van der Waals surface area contributed by atoms with Crippen molar-refractivity contribution in [1.29, 1.82) is 5.26 Å². The van der Waals surface area contributed by atoms with E-state index in [1.807, 2.05) is 12.1 Å². The highest BCUT2D eigenvalue weighted by atomic mass is 32.2. The molecular formula is C24H24FN3OS. The number of anilines is 1. The van der Waals surface area contributed by atoms with Gasteiger partial charge in [0, 0.05) is 16.8 Å². The fraction of sp³-hybridized carbons (Fsp3) is 0.458. The van der Waals surface area contributed by atoms with Crippen molar-refractivity contribution >= 4 is 23.4 Å². The van der Waals surface area contributed by atoms with Gasteiger partial charge in [-0.3, -0.25) is 4.79 Å². The number of amides is 1. The third-order valence-corrected chi connectivity index (χ3v) is 8.00. The first-order valence-electron chi connectivity index (χ1n) is 10.6. The maximum absolute atomic E-state index is 13.3. The maximum atomic E-state index is 13.3. The molecule has 1 aromatic heterocycles. The minimum Gasteiger partial charge on any atom is -0.325 e.